The van der Waals surface area contributed by atoms with Gasteiger partial charge in [-0.3, -0.25) is 9.69 Å². The Morgan fingerprint density at radius 3 is 2.21 bits per heavy atom. The molecule has 0 radical (unpaired) electrons. The molecule has 0 aromatic heterocycles. The van der Waals surface area contributed by atoms with E-state index in [0.717, 1.165) is 0 Å². The molecule has 0 saturated carbocycles. The van der Waals surface area contributed by atoms with Crippen LogP contribution in [-0.4, -0.2) is 53.7 Å². The molecule has 84 valence electrons. The predicted octanol–water partition coefficient (Wildman–Crippen LogP) is -0.115. The topological polar surface area (TPSA) is 60.8 Å². The lowest BCUT2D eigenvalue weighted by Crippen LogP contribution is -2.47. The molecule has 0 aliphatic heterocycles. The minimum absolute atomic E-state index is 0.0380. The van der Waals surface area contributed by atoms with Gasteiger partial charge in [-0.15, -0.1) is 0 Å². The number of carbonyl (C=O) groups is 1. The van der Waals surface area contributed by atoms with Crippen molar-refractivity contribution in [1.29, 1.82) is 0 Å². The molecule has 0 heterocycles. The Hall–Kier alpha value is -0.450. The standard InChI is InChI=1S/C10H21NO3/c1-7(5-6-12)10(14)9(8(2)13)11(3)4/h7,9-10,12,14H,5-6H2,1-4H3/t7-,9-,10?/m1/s1. The first-order valence-corrected chi connectivity index (χ1v) is 4.87. The van der Waals surface area contributed by atoms with Crippen LogP contribution in [0.5, 0.6) is 0 Å². The summed E-state index contributed by atoms with van der Waals surface area (Å²) in [6, 6.07) is -0.475. The largest absolute Gasteiger partial charge is 0.396 e. The first kappa shape index (κ1) is 13.5. The van der Waals surface area contributed by atoms with Crippen molar-refractivity contribution < 1.29 is 15.0 Å². The summed E-state index contributed by atoms with van der Waals surface area (Å²) in [5.41, 5.74) is 0. The summed E-state index contributed by atoms with van der Waals surface area (Å²) in [5.74, 6) is -0.122. The van der Waals surface area contributed by atoms with Crippen molar-refractivity contribution in [3.05, 3.63) is 0 Å². The highest BCUT2D eigenvalue weighted by Gasteiger charge is 2.29. The lowest BCUT2D eigenvalue weighted by Gasteiger charge is -2.30. The van der Waals surface area contributed by atoms with E-state index in [4.69, 9.17) is 5.11 Å². The number of carbonyl (C=O) groups excluding carboxylic acids is 1. The number of Topliss-reactive ketones (excluding diaryl/α,β-unsaturated/α-hetero) is 1. The summed E-state index contributed by atoms with van der Waals surface area (Å²) < 4.78 is 0. The van der Waals surface area contributed by atoms with Crippen molar-refractivity contribution in [1.82, 2.24) is 4.90 Å². The molecule has 0 saturated heterocycles. The van der Waals surface area contributed by atoms with Crippen LogP contribution >= 0.6 is 0 Å². The minimum atomic E-state index is -0.713. The average Bonchev–Trinajstić information content (AvgIpc) is 2.03. The number of nitrogens with zero attached hydrogens (tertiary/aromatic N) is 1. The Morgan fingerprint density at radius 1 is 1.43 bits per heavy atom. The third-order valence-corrected chi connectivity index (χ3v) is 2.46. The zero-order chi connectivity index (χ0) is 11.3. The van der Waals surface area contributed by atoms with Crippen LogP contribution in [0.25, 0.3) is 0 Å². The van der Waals surface area contributed by atoms with Crippen LogP contribution in [0.1, 0.15) is 20.3 Å². The van der Waals surface area contributed by atoms with Gasteiger partial charge in [-0.2, -0.15) is 0 Å². The van der Waals surface area contributed by atoms with Crippen molar-refractivity contribution in [2.45, 2.75) is 32.4 Å². The van der Waals surface area contributed by atoms with Gasteiger partial charge in [0.1, 0.15) is 5.78 Å². The molecule has 14 heavy (non-hydrogen) atoms. The molecule has 0 spiro atoms. The van der Waals surface area contributed by atoms with Crippen LogP contribution in [0.15, 0.2) is 0 Å². The van der Waals surface area contributed by atoms with Gasteiger partial charge in [-0.05, 0) is 33.4 Å². The molecule has 0 aliphatic rings. The lowest BCUT2D eigenvalue weighted by molar-refractivity contribution is -0.126. The van der Waals surface area contributed by atoms with Gasteiger partial charge < -0.3 is 10.2 Å². The number of ketones is 1. The van der Waals surface area contributed by atoms with Gasteiger partial charge in [0.25, 0.3) is 0 Å². The van der Waals surface area contributed by atoms with E-state index < -0.39 is 12.1 Å². The van der Waals surface area contributed by atoms with Gasteiger partial charge in [0.05, 0.1) is 12.1 Å². The molecule has 0 rings (SSSR count). The molecule has 0 amide bonds. The molecule has 0 bridgehead atoms. The van der Waals surface area contributed by atoms with Crippen LogP contribution < -0.4 is 0 Å². The summed E-state index contributed by atoms with van der Waals surface area (Å²) >= 11 is 0. The molecule has 4 nitrogen and oxygen atoms in total. The summed E-state index contributed by atoms with van der Waals surface area (Å²) in [4.78, 5) is 13.0. The van der Waals surface area contributed by atoms with Crippen LogP contribution in [-0.2, 0) is 4.79 Å². The van der Waals surface area contributed by atoms with Gasteiger partial charge in [0.2, 0.25) is 0 Å². The highest BCUT2D eigenvalue weighted by atomic mass is 16.3. The van der Waals surface area contributed by atoms with Crippen molar-refractivity contribution in [3.8, 4) is 0 Å². The van der Waals surface area contributed by atoms with Crippen molar-refractivity contribution in [2.75, 3.05) is 20.7 Å². The average molecular weight is 203 g/mol. The van der Waals surface area contributed by atoms with Crippen LogP contribution in [0.2, 0.25) is 0 Å². The predicted molar refractivity (Wildman–Crippen MR) is 55.0 cm³/mol. The Balaban J connectivity index is 4.42. The molecular weight excluding hydrogens is 182 g/mol. The maximum atomic E-state index is 11.3. The van der Waals surface area contributed by atoms with Gasteiger partial charge in [0, 0.05) is 6.61 Å². The van der Waals surface area contributed by atoms with Crippen LogP contribution in [0.3, 0.4) is 0 Å². The molecule has 1 unspecified atom stereocenters. The van der Waals surface area contributed by atoms with Gasteiger partial charge in [0.15, 0.2) is 0 Å². The van der Waals surface area contributed by atoms with Crippen molar-refractivity contribution in [2.24, 2.45) is 5.92 Å². The van der Waals surface area contributed by atoms with Crippen molar-refractivity contribution in [3.63, 3.8) is 0 Å². The van der Waals surface area contributed by atoms with E-state index >= 15 is 0 Å². The zero-order valence-electron chi connectivity index (χ0n) is 9.40. The summed E-state index contributed by atoms with van der Waals surface area (Å²) in [6.07, 6.45) is -0.201. The highest BCUT2D eigenvalue weighted by molar-refractivity contribution is 5.82. The SMILES string of the molecule is CC(=O)[C@H](C(O)[C@H](C)CCO)N(C)C. The van der Waals surface area contributed by atoms with E-state index in [1.54, 1.807) is 19.0 Å². The maximum absolute atomic E-state index is 11.3. The zero-order valence-corrected chi connectivity index (χ0v) is 9.40. The Kier molecular flexibility index (Phi) is 5.92. The Bertz CT molecular complexity index is 182. The van der Waals surface area contributed by atoms with Gasteiger partial charge in [-0.1, -0.05) is 6.92 Å². The summed E-state index contributed by atoms with van der Waals surface area (Å²) in [6.45, 7) is 3.34. The van der Waals surface area contributed by atoms with E-state index in [9.17, 15) is 9.90 Å². The minimum Gasteiger partial charge on any atom is -0.396 e. The third kappa shape index (κ3) is 3.74. The molecule has 0 aliphatic carbocycles. The van der Waals surface area contributed by atoms with Crippen LogP contribution in [0.4, 0.5) is 0 Å². The first-order valence-electron chi connectivity index (χ1n) is 4.87. The monoisotopic (exact) mass is 203 g/mol. The molecule has 2 N–H and O–H groups in total. The number of hydrogen-bond acceptors (Lipinski definition) is 4. The van der Waals surface area contributed by atoms with E-state index in [2.05, 4.69) is 0 Å². The second-order valence-corrected chi connectivity index (χ2v) is 4.00. The number of aliphatic hydroxyl groups excluding tert-OH is 2. The van der Waals surface area contributed by atoms with E-state index in [-0.39, 0.29) is 18.3 Å². The molecule has 0 aromatic carbocycles. The van der Waals surface area contributed by atoms with E-state index in [1.807, 2.05) is 6.92 Å². The lowest BCUT2D eigenvalue weighted by atomic mass is 9.92. The van der Waals surface area contributed by atoms with Crippen LogP contribution in [0, 0.1) is 5.92 Å². The number of rotatable bonds is 6. The van der Waals surface area contributed by atoms with Crippen molar-refractivity contribution >= 4 is 5.78 Å². The number of aliphatic hydroxyl groups is 2. The first-order chi connectivity index (χ1) is 6.41. The smallest absolute Gasteiger partial charge is 0.149 e. The fraction of sp³-hybridized carbons (Fsp3) is 0.900. The summed E-state index contributed by atoms with van der Waals surface area (Å²) in [7, 11) is 3.53. The van der Waals surface area contributed by atoms with E-state index in [0.29, 0.717) is 6.42 Å². The Labute approximate surface area is 85.5 Å². The fourth-order valence-corrected chi connectivity index (χ4v) is 1.60. The second kappa shape index (κ2) is 6.11. The van der Waals surface area contributed by atoms with Gasteiger partial charge in [-0.25, -0.2) is 0 Å². The second-order valence-electron chi connectivity index (χ2n) is 4.00. The molecule has 0 fully saturated rings. The fourth-order valence-electron chi connectivity index (χ4n) is 1.60. The molecule has 0 aromatic rings. The Morgan fingerprint density at radius 2 is 1.93 bits per heavy atom. The molecule has 3 atom stereocenters. The number of hydrogen-bond donors (Lipinski definition) is 2. The quantitative estimate of drug-likeness (QED) is 0.632. The summed E-state index contributed by atoms with van der Waals surface area (Å²) in [5, 5.41) is 18.6. The molecule has 4 heteroatoms. The third-order valence-electron chi connectivity index (χ3n) is 2.46. The normalized spacial score (nSPS) is 17.9. The highest BCUT2D eigenvalue weighted by Crippen LogP contribution is 2.14. The maximum Gasteiger partial charge on any atom is 0.149 e. The van der Waals surface area contributed by atoms with Gasteiger partial charge >= 0.3 is 0 Å². The van der Waals surface area contributed by atoms with E-state index in [1.165, 1.54) is 6.92 Å². The molecular formula is C10H21NO3. The number of likely N-dealkylation sites (N-methyl/N-ethyl adjacent to an activating group) is 1.